The summed E-state index contributed by atoms with van der Waals surface area (Å²) in [5.41, 5.74) is 8.21. The van der Waals surface area contributed by atoms with E-state index in [9.17, 15) is 4.79 Å². The minimum atomic E-state index is -0.492. The molecule has 0 amide bonds. The van der Waals surface area contributed by atoms with Crippen molar-refractivity contribution < 1.29 is 9.53 Å². The van der Waals surface area contributed by atoms with Gasteiger partial charge in [0.15, 0.2) is 5.69 Å². The van der Waals surface area contributed by atoms with Crippen molar-refractivity contribution in [1.82, 2.24) is 20.0 Å². The number of rotatable bonds is 5. The lowest BCUT2D eigenvalue weighted by molar-refractivity contribution is 0.0592. The predicted octanol–water partition coefficient (Wildman–Crippen LogP) is 0.0707. The Kier molecular flexibility index (Phi) is 4.00. The zero-order valence-corrected chi connectivity index (χ0v) is 10.7. The lowest BCUT2D eigenvalue weighted by atomic mass is 10.2. The van der Waals surface area contributed by atoms with Gasteiger partial charge in [0.2, 0.25) is 0 Å². The van der Waals surface area contributed by atoms with Crippen molar-refractivity contribution in [2.45, 2.75) is 13.0 Å². The Hall–Kier alpha value is -1.80. The normalized spacial score (nSPS) is 10.6. The summed E-state index contributed by atoms with van der Waals surface area (Å²) in [7, 11) is 1.32. The summed E-state index contributed by atoms with van der Waals surface area (Å²) >= 11 is 1.52. The van der Waals surface area contributed by atoms with Gasteiger partial charge < -0.3 is 10.5 Å². The second-order valence-corrected chi connectivity index (χ2v) is 4.51. The third-order valence-electron chi connectivity index (χ3n) is 2.39. The van der Waals surface area contributed by atoms with Crippen molar-refractivity contribution in [3.05, 3.63) is 28.0 Å². The van der Waals surface area contributed by atoms with Gasteiger partial charge >= 0.3 is 5.97 Å². The highest BCUT2D eigenvalue weighted by Crippen LogP contribution is 2.12. The molecule has 0 aliphatic heterocycles. The number of hydrogen-bond acceptors (Lipinski definition) is 7. The van der Waals surface area contributed by atoms with Crippen LogP contribution in [0.2, 0.25) is 0 Å². The number of hydrogen-bond donors (Lipinski definition) is 1. The lowest BCUT2D eigenvalue weighted by Crippen LogP contribution is -2.14. The van der Waals surface area contributed by atoms with E-state index >= 15 is 0 Å². The first-order valence-electron chi connectivity index (χ1n) is 5.34. The zero-order chi connectivity index (χ0) is 13.0. The van der Waals surface area contributed by atoms with Crippen LogP contribution in [0.1, 0.15) is 21.1 Å². The van der Waals surface area contributed by atoms with E-state index in [1.807, 2.05) is 0 Å². The maximum Gasteiger partial charge on any atom is 0.360 e. The van der Waals surface area contributed by atoms with Crippen LogP contribution in [0.25, 0.3) is 0 Å². The Morgan fingerprint density at radius 3 is 3.06 bits per heavy atom. The molecule has 2 rings (SSSR count). The van der Waals surface area contributed by atoms with Gasteiger partial charge in [0.25, 0.3) is 0 Å². The average molecular weight is 267 g/mol. The number of nitrogens with zero attached hydrogens (tertiary/aromatic N) is 4. The van der Waals surface area contributed by atoms with Crippen molar-refractivity contribution in [1.29, 1.82) is 0 Å². The molecule has 2 aromatic heterocycles. The van der Waals surface area contributed by atoms with Gasteiger partial charge in [-0.2, -0.15) is 0 Å². The lowest BCUT2D eigenvalue weighted by Gasteiger charge is -2.04. The molecule has 8 heteroatoms. The van der Waals surface area contributed by atoms with Crippen molar-refractivity contribution in [3.63, 3.8) is 0 Å². The number of ether oxygens (including phenoxy) is 1. The zero-order valence-electron chi connectivity index (χ0n) is 9.87. The molecular formula is C10H13N5O2S. The van der Waals surface area contributed by atoms with Crippen molar-refractivity contribution in [2.75, 3.05) is 13.7 Å². The van der Waals surface area contributed by atoms with Crippen LogP contribution >= 0.6 is 11.3 Å². The molecule has 0 radical (unpaired) electrons. The summed E-state index contributed by atoms with van der Waals surface area (Å²) in [4.78, 5) is 16.6. The highest BCUT2D eigenvalue weighted by molar-refractivity contribution is 7.09. The van der Waals surface area contributed by atoms with E-state index in [4.69, 9.17) is 5.73 Å². The maximum atomic E-state index is 11.5. The van der Waals surface area contributed by atoms with Gasteiger partial charge in [0.1, 0.15) is 0 Å². The van der Waals surface area contributed by atoms with Gasteiger partial charge in [-0.15, -0.1) is 16.4 Å². The number of carbonyl (C=O) groups excluding carboxylic acids is 1. The van der Waals surface area contributed by atoms with Crippen LogP contribution in [0.15, 0.2) is 11.7 Å². The molecule has 0 bridgehead atoms. The first kappa shape index (κ1) is 12.7. The summed E-state index contributed by atoms with van der Waals surface area (Å²) in [6.45, 7) is 0.948. The number of esters is 1. The molecule has 2 N–H and O–H groups in total. The maximum absolute atomic E-state index is 11.5. The van der Waals surface area contributed by atoms with Gasteiger partial charge in [-0.05, 0) is 6.54 Å². The fourth-order valence-electron chi connectivity index (χ4n) is 1.57. The highest BCUT2D eigenvalue weighted by Gasteiger charge is 2.19. The van der Waals surface area contributed by atoms with Gasteiger partial charge in [0, 0.05) is 17.5 Å². The Labute approximate surface area is 108 Å². The Balaban J connectivity index is 2.29. The van der Waals surface area contributed by atoms with E-state index in [1.54, 1.807) is 16.4 Å². The first-order valence-corrected chi connectivity index (χ1v) is 6.22. The second kappa shape index (κ2) is 5.69. The summed E-state index contributed by atoms with van der Waals surface area (Å²) in [5.74, 6) is -0.492. The molecular weight excluding hydrogens is 254 g/mol. The molecule has 0 aliphatic carbocycles. The molecule has 0 unspecified atom stereocenters. The average Bonchev–Trinajstić information content (AvgIpc) is 3.01. The smallest absolute Gasteiger partial charge is 0.360 e. The van der Waals surface area contributed by atoms with Crippen LogP contribution in [0.5, 0.6) is 0 Å². The van der Waals surface area contributed by atoms with Crippen molar-refractivity contribution in [2.24, 2.45) is 5.73 Å². The Bertz CT molecular complexity index is 522. The molecule has 18 heavy (non-hydrogen) atoms. The number of carbonyl (C=O) groups is 1. The first-order chi connectivity index (χ1) is 8.76. The predicted molar refractivity (Wildman–Crippen MR) is 65.3 cm³/mol. The SMILES string of the molecule is COC(=O)c1nnn(Cc2cncs2)c1CCN. The summed E-state index contributed by atoms with van der Waals surface area (Å²) in [5, 5.41) is 7.82. The summed E-state index contributed by atoms with van der Waals surface area (Å²) in [6, 6.07) is 0. The fraction of sp³-hybridized carbons (Fsp3) is 0.400. The van der Waals surface area contributed by atoms with Gasteiger partial charge in [-0.3, -0.25) is 4.98 Å². The number of aromatic nitrogens is 4. The summed E-state index contributed by atoms with van der Waals surface area (Å²) < 4.78 is 6.33. The quantitative estimate of drug-likeness (QED) is 0.770. The fourth-order valence-corrected chi connectivity index (χ4v) is 2.14. The van der Waals surface area contributed by atoms with Crippen molar-refractivity contribution >= 4 is 17.3 Å². The van der Waals surface area contributed by atoms with Crippen LogP contribution in [0.3, 0.4) is 0 Å². The van der Waals surface area contributed by atoms with Crippen LogP contribution < -0.4 is 5.73 Å². The van der Waals surface area contributed by atoms with E-state index < -0.39 is 5.97 Å². The van der Waals surface area contributed by atoms with E-state index in [0.717, 1.165) is 4.88 Å². The molecule has 7 nitrogen and oxygen atoms in total. The van der Waals surface area contributed by atoms with Crippen LogP contribution in [0, 0.1) is 0 Å². The largest absolute Gasteiger partial charge is 0.464 e. The third kappa shape index (κ3) is 2.54. The minimum Gasteiger partial charge on any atom is -0.464 e. The van der Waals surface area contributed by atoms with Crippen molar-refractivity contribution in [3.8, 4) is 0 Å². The molecule has 0 atom stereocenters. The topological polar surface area (TPSA) is 95.9 Å². The molecule has 2 aromatic rings. The van der Waals surface area contributed by atoms with Gasteiger partial charge in [0.05, 0.1) is 24.9 Å². The minimum absolute atomic E-state index is 0.229. The Morgan fingerprint density at radius 1 is 1.61 bits per heavy atom. The molecule has 0 aliphatic rings. The van der Waals surface area contributed by atoms with Crippen LogP contribution in [-0.4, -0.2) is 39.6 Å². The van der Waals surface area contributed by atoms with Gasteiger partial charge in [-0.1, -0.05) is 5.21 Å². The van der Waals surface area contributed by atoms with E-state index in [2.05, 4.69) is 20.0 Å². The summed E-state index contributed by atoms with van der Waals surface area (Å²) in [6.07, 6.45) is 2.28. The molecule has 0 saturated heterocycles. The molecule has 0 aromatic carbocycles. The van der Waals surface area contributed by atoms with E-state index in [1.165, 1.54) is 18.4 Å². The highest BCUT2D eigenvalue weighted by atomic mass is 32.1. The van der Waals surface area contributed by atoms with Crippen LogP contribution in [0.4, 0.5) is 0 Å². The Morgan fingerprint density at radius 2 is 2.44 bits per heavy atom. The number of thiazole rings is 1. The monoisotopic (exact) mass is 267 g/mol. The number of methoxy groups -OCH3 is 1. The molecule has 2 heterocycles. The molecule has 0 fully saturated rings. The molecule has 0 spiro atoms. The van der Waals surface area contributed by atoms with Crippen LogP contribution in [-0.2, 0) is 17.7 Å². The second-order valence-electron chi connectivity index (χ2n) is 3.54. The molecule has 0 saturated carbocycles. The molecule has 96 valence electrons. The van der Waals surface area contributed by atoms with Gasteiger partial charge in [-0.25, -0.2) is 9.48 Å². The number of nitrogens with two attached hydrogens (primary N) is 1. The standard InChI is InChI=1S/C10H13N5O2S/c1-17-10(16)9-8(2-3-11)15(14-13-9)5-7-4-12-6-18-7/h4,6H,2-3,5,11H2,1H3. The third-order valence-corrected chi connectivity index (χ3v) is 3.15. The van der Waals surface area contributed by atoms with E-state index in [-0.39, 0.29) is 5.69 Å². The van der Waals surface area contributed by atoms with E-state index in [0.29, 0.717) is 25.2 Å².